The molecule has 14 heavy (non-hydrogen) atoms. The summed E-state index contributed by atoms with van der Waals surface area (Å²) >= 11 is 5.74. The lowest BCUT2D eigenvalue weighted by Gasteiger charge is -2.04. The molecular formula is C11H11ClO2. The minimum absolute atomic E-state index is 0.290. The van der Waals surface area contributed by atoms with Gasteiger partial charge in [0, 0.05) is 5.03 Å². The van der Waals surface area contributed by atoms with Crippen LogP contribution in [0.25, 0.3) is 5.03 Å². The average Bonchev–Trinajstić information content (AvgIpc) is 2.99. The van der Waals surface area contributed by atoms with E-state index in [2.05, 4.69) is 6.58 Å². The van der Waals surface area contributed by atoms with Crippen LogP contribution in [0.5, 0.6) is 5.75 Å². The second-order valence-electron chi connectivity index (χ2n) is 3.20. The highest BCUT2D eigenvalue weighted by molar-refractivity contribution is 6.48. The number of ether oxygens (including phenoxy) is 2. The summed E-state index contributed by atoms with van der Waals surface area (Å²) in [7, 11) is 0. The van der Waals surface area contributed by atoms with Crippen molar-refractivity contribution in [1.29, 1.82) is 0 Å². The first-order valence-corrected chi connectivity index (χ1v) is 4.83. The van der Waals surface area contributed by atoms with Gasteiger partial charge in [0.15, 0.2) is 0 Å². The number of halogens is 1. The van der Waals surface area contributed by atoms with E-state index in [0.29, 0.717) is 11.6 Å². The lowest BCUT2D eigenvalue weighted by atomic mass is 10.2. The van der Waals surface area contributed by atoms with Gasteiger partial charge in [-0.25, -0.2) is 0 Å². The first-order valence-electron chi connectivity index (χ1n) is 4.45. The van der Waals surface area contributed by atoms with Gasteiger partial charge in [0.1, 0.15) is 18.5 Å². The van der Waals surface area contributed by atoms with Crippen LogP contribution in [0.2, 0.25) is 0 Å². The molecule has 2 nitrogen and oxygen atoms in total. The summed E-state index contributed by atoms with van der Waals surface area (Å²) in [5.41, 5.74) is 0.918. The van der Waals surface area contributed by atoms with Crippen LogP contribution in [-0.4, -0.2) is 19.3 Å². The van der Waals surface area contributed by atoms with Crippen molar-refractivity contribution in [2.45, 2.75) is 6.10 Å². The molecule has 74 valence electrons. The lowest BCUT2D eigenvalue weighted by Crippen LogP contribution is -2.03. The van der Waals surface area contributed by atoms with Crippen molar-refractivity contribution in [3.05, 3.63) is 36.4 Å². The van der Waals surface area contributed by atoms with Crippen LogP contribution in [0.1, 0.15) is 5.56 Å². The second kappa shape index (κ2) is 4.03. The molecule has 1 aliphatic heterocycles. The molecular weight excluding hydrogens is 200 g/mol. The van der Waals surface area contributed by atoms with Gasteiger partial charge in [-0.2, -0.15) is 0 Å². The molecule has 1 saturated heterocycles. The fourth-order valence-corrected chi connectivity index (χ4v) is 1.21. The van der Waals surface area contributed by atoms with Crippen LogP contribution in [0.4, 0.5) is 0 Å². The minimum atomic E-state index is 0.290. The Labute approximate surface area is 88.1 Å². The zero-order valence-corrected chi connectivity index (χ0v) is 8.46. The molecule has 1 unspecified atom stereocenters. The first-order chi connectivity index (χ1) is 6.75. The number of benzene rings is 1. The van der Waals surface area contributed by atoms with Crippen LogP contribution in [-0.2, 0) is 4.74 Å². The third kappa shape index (κ3) is 2.50. The number of epoxide rings is 1. The molecule has 0 N–H and O–H groups in total. The summed E-state index contributed by atoms with van der Waals surface area (Å²) in [5.74, 6) is 0.835. The molecule has 0 amide bonds. The van der Waals surface area contributed by atoms with Crippen LogP contribution in [0.15, 0.2) is 30.8 Å². The molecule has 0 saturated carbocycles. The third-order valence-corrected chi connectivity index (χ3v) is 2.22. The zero-order valence-electron chi connectivity index (χ0n) is 7.70. The fourth-order valence-electron chi connectivity index (χ4n) is 1.09. The van der Waals surface area contributed by atoms with Gasteiger partial charge in [0.05, 0.1) is 6.61 Å². The molecule has 0 bridgehead atoms. The highest BCUT2D eigenvalue weighted by Gasteiger charge is 2.22. The van der Waals surface area contributed by atoms with E-state index in [1.165, 1.54) is 0 Å². The standard InChI is InChI=1S/C11H11ClO2/c1-8(12)9-2-4-10(5-3-9)13-6-11-7-14-11/h2-5,11H,1,6-7H2. The van der Waals surface area contributed by atoms with Gasteiger partial charge in [-0.15, -0.1) is 0 Å². The van der Waals surface area contributed by atoms with Crippen LogP contribution in [0.3, 0.4) is 0 Å². The molecule has 1 aliphatic rings. The first kappa shape index (κ1) is 9.56. The maximum Gasteiger partial charge on any atom is 0.119 e. The Bertz CT molecular complexity index is 328. The largest absolute Gasteiger partial charge is 0.491 e. The Morgan fingerprint density at radius 3 is 2.64 bits per heavy atom. The predicted octanol–water partition coefficient (Wildman–Crippen LogP) is 2.67. The quantitative estimate of drug-likeness (QED) is 0.713. The maximum atomic E-state index is 5.74. The Balaban J connectivity index is 1.94. The Morgan fingerprint density at radius 1 is 1.50 bits per heavy atom. The zero-order chi connectivity index (χ0) is 9.97. The Hall–Kier alpha value is -0.990. The molecule has 0 aromatic heterocycles. The van der Waals surface area contributed by atoms with Gasteiger partial charge in [-0.05, 0) is 29.8 Å². The van der Waals surface area contributed by atoms with Crippen molar-refractivity contribution in [2.24, 2.45) is 0 Å². The summed E-state index contributed by atoms with van der Waals surface area (Å²) in [4.78, 5) is 0. The van der Waals surface area contributed by atoms with E-state index in [1.54, 1.807) is 0 Å². The van der Waals surface area contributed by atoms with Crippen LogP contribution < -0.4 is 4.74 Å². The van der Waals surface area contributed by atoms with E-state index < -0.39 is 0 Å². The molecule has 1 fully saturated rings. The van der Waals surface area contributed by atoms with Crippen molar-refractivity contribution in [1.82, 2.24) is 0 Å². The van der Waals surface area contributed by atoms with Gasteiger partial charge in [0.2, 0.25) is 0 Å². The van der Waals surface area contributed by atoms with Gasteiger partial charge < -0.3 is 9.47 Å². The number of hydrogen-bond acceptors (Lipinski definition) is 2. The van der Waals surface area contributed by atoms with Gasteiger partial charge in [0.25, 0.3) is 0 Å². The summed E-state index contributed by atoms with van der Waals surface area (Å²) in [5, 5.41) is 0.544. The fraction of sp³-hybridized carbons (Fsp3) is 0.273. The van der Waals surface area contributed by atoms with Crippen molar-refractivity contribution in [3.63, 3.8) is 0 Å². The number of hydrogen-bond donors (Lipinski definition) is 0. The molecule has 0 radical (unpaired) electrons. The van der Waals surface area contributed by atoms with Crippen molar-refractivity contribution in [3.8, 4) is 5.75 Å². The second-order valence-corrected chi connectivity index (χ2v) is 3.65. The van der Waals surface area contributed by atoms with E-state index in [0.717, 1.165) is 17.9 Å². The molecule has 1 heterocycles. The maximum absolute atomic E-state index is 5.74. The molecule has 1 atom stereocenters. The van der Waals surface area contributed by atoms with E-state index >= 15 is 0 Å². The smallest absolute Gasteiger partial charge is 0.119 e. The molecule has 1 aromatic rings. The molecule has 0 aliphatic carbocycles. The van der Waals surface area contributed by atoms with Crippen molar-refractivity contribution >= 4 is 16.6 Å². The van der Waals surface area contributed by atoms with Crippen molar-refractivity contribution in [2.75, 3.05) is 13.2 Å². The molecule has 0 spiro atoms. The highest BCUT2D eigenvalue weighted by atomic mass is 35.5. The van der Waals surface area contributed by atoms with E-state index in [9.17, 15) is 0 Å². The average molecular weight is 211 g/mol. The highest BCUT2D eigenvalue weighted by Crippen LogP contribution is 2.20. The van der Waals surface area contributed by atoms with E-state index in [-0.39, 0.29) is 6.10 Å². The van der Waals surface area contributed by atoms with Gasteiger partial charge in [-0.1, -0.05) is 18.2 Å². The number of rotatable bonds is 4. The monoisotopic (exact) mass is 210 g/mol. The van der Waals surface area contributed by atoms with Gasteiger partial charge in [-0.3, -0.25) is 0 Å². The van der Waals surface area contributed by atoms with Crippen LogP contribution in [0, 0.1) is 0 Å². The summed E-state index contributed by atoms with van der Waals surface area (Å²) < 4.78 is 10.5. The topological polar surface area (TPSA) is 21.8 Å². The Kier molecular flexibility index (Phi) is 2.75. The Morgan fingerprint density at radius 2 is 2.14 bits per heavy atom. The minimum Gasteiger partial charge on any atom is -0.491 e. The SMILES string of the molecule is C=C(Cl)c1ccc(OCC2CO2)cc1. The summed E-state index contributed by atoms with van der Waals surface area (Å²) in [6.45, 7) is 5.09. The van der Waals surface area contributed by atoms with Crippen molar-refractivity contribution < 1.29 is 9.47 Å². The van der Waals surface area contributed by atoms with Gasteiger partial charge >= 0.3 is 0 Å². The predicted molar refractivity (Wildman–Crippen MR) is 56.6 cm³/mol. The third-order valence-electron chi connectivity index (χ3n) is 2.01. The summed E-state index contributed by atoms with van der Waals surface area (Å²) in [6, 6.07) is 7.54. The molecule has 1 aromatic carbocycles. The summed E-state index contributed by atoms with van der Waals surface area (Å²) in [6.07, 6.45) is 0.290. The van der Waals surface area contributed by atoms with E-state index in [4.69, 9.17) is 21.1 Å². The van der Waals surface area contributed by atoms with Crippen LogP contribution >= 0.6 is 11.6 Å². The van der Waals surface area contributed by atoms with E-state index in [1.807, 2.05) is 24.3 Å². The molecule has 2 rings (SSSR count). The normalized spacial score (nSPS) is 19.1. The molecule has 3 heteroatoms. The lowest BCUT2D eigenvalue weighted by molar-refractivity contribution is 0.263.